The lowest BCUT2D eigenvalue weighted by molar-refractivity contribution is 0.00751. The number of nitrogens with zero attached hydrogens (tertiary/aromatic N) is 1. The second-order valence-electron chi connectivity index (χ2n) is 6.95. The lowest BCUT2D eigenvalue weighted by atomic mass is 9.59. The molecule has 1 heterocycles. The van der Waals surface area contributed by atoms with Gasteiger partial charge in [-0.15, -0.1) is 0 Å². The Labute approximate surface area is 137 Å². The Kier molecular flexibility index (Phi) is 3.29. The van der Waals surface area contributed by atoms with Crippen molar-refractivity contribution in [3.63, 3.8) is 0 Å². The summed E-state index contributed by atoms with van der Waals surface area (Å²) in [6.07, 6.45) is 8.51. The van der Waals surface area contributed by atoms with E-state index in [0.717, 1.165) is 24.5 Å². The van der Waals surface area contributed by atoms with Gasteiger partial charge in [-0.05, 0) is 38.7 Å². The fraction of sp³-hybridized carbons (Fsp3) is 0.474. The van der Waals surface area contributed by atoms with Crippen LogP contribution in [-0.4, -0.2) is 50.0 Å². The molecule has 4 nitrogen and oxygen atoms in total. The quantitative estimate of drug-likeness (QED) is 0.866. The molecule has 0 saturated heterocycles. The maximum Gasteiger partial charge on any atom is 0.166 e. The van der Waals surface area contributed by atoms with Gasteiger partial charge in [-0.3, -0.25) is 0 Å². The van der Waals surface area contributed by atoms with Crippen molar-refractivity contribution in [2.45, 2.75) is 24.0 Å². The van der Waals surface area contributed by atoms with E-state index in [1.165, 1.54) is 11.1 Å². The van der Waals surface area contributed by atoms with Crippen LogP contribution in [0.2, 0.25) is 0 Å². The molecule has 4 atom stereocenters. The molecule has 1 aromatic rings. The largest absolute Gasteiger partial charge is 0.493 e. The second kappa shape index (κ2) is 5.11. The first-order chi connectivity index (χ1) is 11.1. The van der Waals surface area contributed by atoms with Crippen molar-refractivity contribution in [3.8, 4) is 11.5 Å². The van der Waals surface area contributed by atoms with E-state index in [9.17, 15) is 5.11 Å². The molecule has 1 aromatic carbocycles. The molecule has 0 spiro atoms. The zero-order valence-electron chi connectivity index (χ0n) is 13.8. The number of rotatable bonds is 4. The number of aliphatic hydroxyl groups is 1. The van der Waals surface area contributed by atoms with Gasteiger partial charge in [-0.25, -0.2) is 0 Å². The van der Waals surface area contributed by atoms with Crippen molar-refractivity contribution in [3.05, 3.63) is 41.5 Å². The molecule has 4 heteroatoms. The summed E-state index contributed by atoms with van der Waals surface area (Å²) < 4.78 is 11.8. The van der Waals surface area contributed by atoms with E-state index >= 15 is 0 Å². The number of aliphatic hydroxyl groups excluding tert-OH is 1. The van der Waals surface area contributed by atoms with Gasteiger partial charge in [0.15, 0.2) is 11.5 Å². The lowest BCUT2D eigenvalue weighted by Gasteiger charge is -2.45. The highest BCUT2D eigenvalue weighted by atomic mass is 16.5. The van der Waals surface area contributed by atoms with Crippen molar-refractivity contribution in [2.24, 2.45) is 5.92 Å². The Hall–Kier alpha value is -1.78. The van der Waals surface area contributed by atoms with E-state index in [1.54, 1.807) is 7.11 Å². The van der Waals surface area contributed by atoms with E-state index in [0.29, 0.717) is 0 Å². The molecule has 0 aromatic heterocycles. The average Bonchev–Trinajstić information content (AvgIpc) is 2.90. The maximum atomic E-state index is 10.6. The van der Waals surface area contributed by atoms with E-state index < -0.39 is 6.10 Å². The van der Waals surface area contributed by atoms with Crippen molar-refractivity contribution in [1.29, 1.82) is 0 Å². The number of hydrogen-bond donors (Lipinski definition) is 1. The SMILES string of the molecule is COc1ccc2c3c1O[C@H]1[C@H](O)C=C[C@H](C=C2)[C@]31CCN(C)C. The van der Waals surface area contributed by atoms with Gasteiger partial charge in [0.05, 0.1) is 12.5 Å². The molecule has 1 aliphatic heterocycles. The zero-order chi connectivity index (χ0) is 16.2. The molecule has 3 aliphatic rings. The third-order valence-electron chi connectivity index (χ3n) is 5.47. The first-order valence-electron chi connectivity index (χ1n) is 8.15. The molecule has 0 saturated carbocycles. The molecule has 4 rings (SSSR count). The van der Waals surface area contributed by atoms with Crippen LogP contribution in [0.1, 0.15) is 17.5 Å². The number of allylic oxidation sites excluding steroid dienone is 2. The fourth-order valence-electron chi connectivity index (χ4n) is 4.37. The van der Waals surface area contributed by atoms with E-state index in [2.05, 4.69) is 43.3 Å². The minimum absolute atomic E-state index is 0.216. The van der Waals surface area contributed by atoms with Crippen LogP contribution >= 0.6 is 0 Å². The summed E-state index contributed by atoms with van der Waals surface area (Å²) in [5.74, 6) is 1.81. The Morgan fingerprint density at radius 1 is 1.26 bits per heavy atom. The lowest BCUT2D eigenvalue weighted by Crippen LogP contribution is -2.53. The third kappa shape index (κ3) is 1.91. The normalized spacial score (nSPS) is 32.8. The monoisotopic (exact) mass is 313 g/mol. The third-order valence-corrected chi connectivity index (χ3v) is 5.47. The molecule has 0 radical (unpaired) electrons. The van der Waals surface area contributed by atoms with Gasteiger partial charge in [-0.1, -0.05) is 30.4 Å². The number of hydrogen-bond acceptors (Lipinski definition) is 4. The number of methoxy groups -OCH3 is 1. The van der Waals surface area contributed by atoms with Crippen LogP contribution in [0.4, 0.5) is 0 Å². The van der Waals surface area contributed by atoms with E-state index in [4.69, 9.17) is 9.47 Å². The predicted octanol–water partition coefficient (Wildman–Crippen LogP) is 2.22. The summed E-state index contributed by atoms with van der Waals surface area (Å²) in [5, 5.41) is 10.6. The van der Waals surface area contributed by atoms with Crippen molar-refractivity contribution in [1.82, 2.24) is 4.90 Å². The molecule has 0 fully saturated rings. The first kappa shape index (κ1) is 14.8. The Morgan fingerprint density at radius 2 is 2.09 bits per heavy atom. The van der Waals surface area contributed by atoms with Crippen LogP contribution in [-0.2, 0) is 5.41 Å². The summed E-state index contributed by atoms with van der Waals surface area (Å²) in [7, 11) is 5.84. The highest BCUT2D eigenvalue weighted by Crippen LogP contribution is 2.59. The minimum atomic E-state index is -0.593. The highest BCUT2D eigenvalue weighted by Gasteiger charge is 2.58. The van der Waals surface area contributed by atoms with E-state index in [1.807, 2.05) is 12.1 Å². The van der Waals surface area contributed by atoms with Crippen LogP contribution in [0.3, 0.4) is 0 Å². The molecule has 122 valence electrons. The smallest absolute Gasteiger partial charge is 0.166 e. The van der Waals surface area contributed by atoms with Crippen molar-refractivity contribution < 1.29 is 14.6 Å². The Morgan fingerprint density at radius 3 is 2.83 bits per heavy atom. The summed E-state index contributed by atoms with van der Waals surface area (Å²) in [6, 6.07) is 4.05. The summed E-state index contributed by atoms with van der Waals surface area (Å²) in [4.78, 5) is 2.19. The van der Waals surface area contributed by atoms with Gasteiger partial charge < -0.3 is 19.5 Å². The van der Waals surface area contributed by atoms with Gasteiger partial charge >= 0.3 is 0 Å². The molecule has 1 N–H and O–H groups in total. The summed E-state index contributed by atoms with van der Waals surface area (Å²) >= 11 is 0. The molecule has 0 unspecified atom stereocenters. The summed E-state index contributed by atoms with van der Waals surface area (Å²) in [5.41, 5.74) is 2.17. The molecule has 0 amide bonds. The van der Waals surface area contributed by atoms with Crippen LogP contribution < -0.4 is 9.47 Å². The molecule has 2 aliphatic carbocycles. The van der Waals surface area contributed by atoms with Crippen molar-refractivity contribution in [2.75, 3.05) is 27.7 Å². The van der Waals surface area contributed by atoms with Crippen molar-refractivity contribution >= 4 is 6.08 Å². The molecular formula is C19H23NO3. The van der Waals surface area contributed by atoms with Crippen LogP contribution in [0, 0.1) is 5.92 Å². The number of benzene rings is 1. The second-order valence-corrected chi connectivity index (χ2v) is 6.95. The van der Waals surface area contributed by atoms with Crippen LogP contribution in [0.15, 0.2) is 30.4 Å². The van der Waals surface area contributed by atoms with Crippen LogP contribution in [0.25, 0.3) is 6.08 Å². The van der Waals surface area contributed by atoms with E-state index in [-0.39, 0.29) is 17.4 Å². The predicted molar refractivity (Wildman–Crippen MR) is 89.9 cm³/mol. The van der Waals surface area contributed by atoms with Crippen LogP contribution in [0.5, 0.6) is 11.5 Å². The average molecular weight is 313 g/mol. The van der Waals surface area contributed by atoms with Gasteiger partial charge in [0.25, 0.3) is 0 Å². The highest BCUT2D eigenvalue weighted by molar-refractivity contribution is 5.71. The zero-order valence-corrected chi connectivity index (χ0v) is 13.8. The topological polar surface area (TPSA) is 41.9 Å². The molecular weight excluding hydrogens is 290 g/mol. The molecule has 0 bridgehead atoms. The maximum absolute atomic E-state index is 10.6. The van der Waals surface area contributed by atoms with Gasteiger partial charge in [0.2, 0.25) is 0 Å². The first-order valence-corrected chi connectivity index (χ1v) is 8.15. The standard InChI is InChI=1S/C19H23NO3/c1-20(2)11-10-19-13-6-4-12-5-9-15(22-3)17(16(12)19)23-18(19)14(21)8-7-13/h4-9,13-14,18,21H,10-11H2,1-3H3/t13-,14+,18-,19+/m0/s1. The number of ether oxygens (including phenoxy) is 2. The van der Waals surface area contributed by atoms with Gasteiger partial charge in [-0.2, -0.15) is 0 Å². The molecule has 23 heavy (non-hydrogen) atoms. The minimum Gasteiger partial charge on any atom is -0.493 e. The summed E-state index contributed by atoms with van der Waals surface area (Å²) in [6.45, 7) is 0.945. The van der Waals surface area contributed by atoms with Gasteiger partial charge in [0, 0.05) is 11.5 Å². The Bertz CT molecular complexity index is 694. The fourth-order valence-corrected chi connectivity index (χ4v) is 4.37. The van der Waals surface area contributed by atoms with Gasteiger partial charge in [0.1, 0.15) is 12.2 Å². The Balaban J connectivity index is 1.93.